The van der Waals surface area contributed by atoms with Gasteiger partial charge in [-0.25, -0.2) is 4.79 Å². The normalized spacial score (nSPS) is 20.6. The Balaban J connectivity index is 2.28. The Labute approximate surface area is 115 Å². The van der Waals surface area contributed by atoms with Crippen molar-refractivity contribution in [3.63, 3.8) is 0 Å². The lowest BCUT2D eigenvalue weighted by atomic mass is 10.1. The van der Waals surface area contributed by atoms with Crippen molar-refractivity contribution < 1.29 is 19.8 Å². The lowest BCUT2D eigenvalue weighted by Gasteiger charge is -2.25. The largest absolute Gasteiger partial charge is 0.508 e. The third kappa shape index (κ3) is 2.81. The van der Waals surface area contributed by atoms with Gasteiger partial charge in [-0.1, -0.05) is 12.1 Å². The molecule has 5 nitrogen and oxygen atoms in total. The summed E-state index contributed by atoms with van der Waals surface area (Å²) in [6.45, 7) is 0.347. The van der Waals surface area contributed by atoms with E-state index in [1.54, 1.807) is 0 Å². The quantitative estimate of drug-likeness (QED) is 0.823. The Bertz CT molecular complexity index is 488. The Morgan fingerprint density at radius 2 is 2.05 bits per heavy atom. The summed E-state index contributed by atoms with van der Waals surface area (Å²) < 4.78 is 0. The van der Waals surface area contributed by atoms with Crippen LogP contribution in [0.2, 0.25) is 0 Å². The summed E-state index contributed by atoms with van der Waals surface area (Å²) in [5, 5.41) is 18.6. The van der Waals surface area contributed by atoms with E-state index in [0.717, 1.165) is 0 Å². The van der Waals surface area contributed by atoms with Gasteiger partial charge in [0.1, 0.15) is 5.75 Å². The number of carbonyl (C=O) groups is 2. The molecule has 0 radical (unpaired) electrons. The molecule has 2 N–H and O–H groups in total. The van der Waals surface area contributed by atoms with Crippen molar-refractivity contribution in [2.75, 3.05) is 12.4 Å². The highest BCUT2D eigenvalue weighted by atomic mass is 35.5. The Morgan fingerprint density at radius 3 is 2.53 bits per heavy atom. The molecule has 2 unspecified atom stereocenters. The van der Waals surface area contributed by atoms with Crippen LogP contribution in [0.15, 0.2) is 24.3 Å². The molecular formula is C13H14ClNO4. The van der Waals surface area contributed by atoms with E-state index in [1.807, 2.05) is 0 Å². The van der Waals surface area contributed by atoms with E-state index >= 15 is 0 Å². The van der Waals surface area contributed by atoms with Crippen molar-refractivity contribution in [2.24, 2.45) is 5.92 Å². The minimum Gasteiger partial charge on any atom is -0.508 e. The predicted octanol–water partition coefficient (Wildman–Crippen LogP) is 1.61. The Morgan fingerprint density at radius 1 is 1.42 bits per heavy atom. The van der Waals surface area contributed by atoms with Crippen LogP contribution < -0.4 is 0 Å². The van der Waals surface area contributed by atoms with Crippen LogP contribution >= 0.6 is 11.6 Å². The van der Waals surface area contributed by atoms with Gasteiger partial charge < -0.3 is 15.1 Å². The lowest BCUT2D eigenvalue weighted by Crippen LogP contribution is -2.35. The van der Waals surface area contributed by atoms with Crippen LogP contribution in [0.25, 0.3) is 0 Å². The summed E-state index contributed by atoms with van der Waals surface area (Å²) >= 11 is 5.73. The first kappa shape index (κ1) is 13.7. The zero-order valence-electron chi connectivity index (χ0n) is 10.1. The van der Waals surface area contributed by atoms with Gasteiger partial charge in [0.2, 0.25) is 5.91 Å². The van der Waals surface area contributed by atoms with Crippen molar-refractivity contribution in [1.82, 2.24) is 4.90 Å². The number of halogens is 1. The van der Waals surface area contributed by atoms with E-state index in [9.17, 15) is 19.8 Å². The zero-order chi connectivity index (χ0) is 14.0. The van der Waals surface area contributed by atoms with Crippen molar-refractivity contribution in [3.8, 4) is 5.75 Å². The molecule has 1 aliphatic rings. The number of phenols is 1. The molecule has 19 heavy (non-hydrogen) atoms. The topological polar surface area (TPSA) is 77.8 Å². The van der Waals surface area contributed by atoms with Crippen LogP contribution in [0.3, 0.4) is 0 Å². The molecule has 1 aliphatic heterocycles. The Kier molecular flexibility index (Phi) is 3.95. The maximum atomic E-state index is 11.9. The number of amides is 1. The smallest absolute Gasteiger partial charge is 0.331 e. The number of hydrogen-bond acceptors (Lipinski definition) is 3. The van der Waals surface area contributed by atoms with Gasteiger partial charge in [-0.05, 0) is 23.6 Å². The molecule has 0 spiro atoms. The fourth-order valence-corrected chi connectivity index (χ4v) is 2.48. The standard InChI is InChI=1S/C13H14ClNO4/c14-6-8-5-11(17)15(7-8)12(13(18)19)9-1-3-10(16)4-2-9/h1-4,8,12,16H,5-7H2,(H,18,19). The third-order valence-corrected chi connectivity index (χ3v) is 3.65. The lowest BCUT2D eigenvalue weighted by molar-refractivity contribution is -0.148. The molecule has 102 valence electrons. The summed E-state index contributed by atoms with van der Waals surface area (Å²) in [5.41, 5.74) is 0.467. The van der Waals surface area contributed by atoms with Gasteiger partial charge in [-0.15, -0.1) is 11.6 Å². The van der Waals surface area contributed by atoms with Crippen LogP contribution in [-0.4, -0.2) is 39.4 Å². The van der Waals surface area contributed by atoms with Crippen LogP contribution in [0.5, 0.6) is 5.75 Å². The van der Waals surface area contributed by atoms with E-state index < -0.39 is 12.0 Å². The van der Waals surface area contributed by atoms with Crippen LogP contribution in [-0.2, 0) is 9.59 Å². The molecule has 1 fully saturated rings. The number of carbonyl (C=O) groups excluding carboxylic acids is 1. The molecule has 1 saturated heterocycles. The molecule has 2 rings (SSSR count). The molecule has 1 amide bonds. The predicted molar refractivity (Wildman–Crippen MR) is 69.0 cm³/mol. The van der Waals surface area contributed by atoms with Gasteiger partial charge in [0.25, 0.3) is 0 Å². The van der Waals surface area contributed by atoms with Gasteiger partial charge in [0, 0.05) is 18.8 Å². The van der Waals surface area contributed by atoms with E-state index in [2.05, 4.69) is 0 Å². The van der Waals surface area contributed by atoms with Gasteiger partial charge in [0.05, 0.1) is 0 Å². The van der Waals surface area contributed by atoms with Crippen LogP contribution in [0.4, 0.5) is 0 Å². The van der Waals surface area contributed by atoms with Gasteiger partial charge in [-0.3, -0.25) is 4.79 Å². The van der Waals surface area contributed by atoms with Crippen LogP contribution in [0.1, 0.15) is 18.0 Å². The molecule has 0 aliphatic carbocycles. The molecule has 2 atom stereocenters. The minimum atomic E-state index is -1.09. The SMILES string of the molecule is O=C(O)C(c1ccc(O)cc1)N1CC(CCl)CC1=O. The summed E-state index contributed by atoms with van der Waals surface area (Å²) in [5.74, 6) is -0.905. The molecule has 0 saturated carbocycles. The number of likely N-dealkylation sites (tertiary alicyclic amines) is 1. The van der Waals surface area contributed by atoms with E-state index in [4.69, 9.17) is 11.6 Å². The monoisotopic (exact) mass is 283 g/mol. The second-order valence-electron chi connectivity index (χ2n) is 4.60. The first-order valence-electron chi connectivity index (χ1n) is 5.90. The number of nitrogens with zero attached hydrogens (tertiary/aromatic N) is 1. The molecule has 1 aromatic carbocycles. The second-order valence-corrected chi connectivity index (χ2v) is 4.91. The first-order chi connectivity index (χ1) is 9.02. The van der Waals surface area contributed by atoms with Crippen molar-refractivity contribution in [1.29, 1.82) is 0 Å². The number of alkyl halides is 1. The molecule has 0 bridgehead atoms. The van der Waals surface area contributed by atoms with Gasteiger partial charge >= 0.3 is 5.97 Å². The number of aliphatic carboxylic acids is 1. The van der Waals surface area contributed by atoms with E-state index in [-0.39, 0.29) is 24.0 Å². The summed E-state index contributed by atoms with van der Waals surface area (Å²) in [6, 6.07) is 4.81. The summed E-state index contributed by atoms with van der Waals surface area (Å²) in [6.07, 6.45) is 0.283. The number of phenolic OH excluding ortho intramolecular Hbond substituents is 1. The highest BCUT2D eigenvalue weighted by Gasteiger charge is 2.38. The number of rotatable bonds is 4. The number of carboxylic acid groups (broad SMARTS) is 1. The number of benzene rings is 1. The average Bonchev–Trinajstić information content (AvgIpc) is 2.73. The zero-order valence-corrected chi connectivity index (χ0v) is 10.9. The third-order valence-electron chi connectivity index (χ3n) is 3.21. The van der Waals surface area contributed by atoms with Gasteiger partial charge in [-0.2, -0.15) is 0 Å². The van der Waals surface area contributed by atoms with E-state index in [1.165, 1.54) is 29.2 Å². The van der Waals surface area contributed by atoms with Crippen molar-refractivity contribution in [2.45, 2.75) is 12.5 Å². The van der Waals surface area contributed by atoms with Crippen molar-refractivity contribution in [3.05, 3.63) is 29.8 Å². The number of aromatic hydroxyl groups is 1. The maximum absolute atomic E-state index is 11.9. The molecule has 6 heteroatoms. The summed E-state index contributed by atoms with van der Waals surface area (Å²) in [7, 11) is 0. The fraction of sp³-hybridized carbons (Fsp3) is 0.385. The minimum absolute atomic E-state index is 0.00636. The highest BCUT2D eigenvalue weighted by molar-refractivity contribution is 6.18. The van der Waals surface area contributed by atoms with Crippen molar-refractivity contribution >= 4 is 23.5 Å². The fourth-order valence-electron chi connectivity index (χ4n) is 2.27. The van der Waals surface area contributed by atoms with Gasteiger partial charge in [0.15, 0.2) is 6.04 Å². The number of carboxylic acids is 1. The second kappa shape index (κ2) is 5.48. The maximum Gasteiger partial charge on any atom is 0.331 e. The molecule has 0 aromatic heterocycles. The first-order valence-corrected chi connectivity index (χ1v) is 6.43. The average molecular weight is 284 g/mol. The summed E-state index contributed by atoms with van der Waals surface area (Å²) in [4.78, 5) is 24.6. The highest BCUT2D eigenvalue weighted by Crippen LogP contribution is 2.30. The van der Waals surface area contributed by atoms with Crippen LogP contribution in [0, 0.1) is 5.92 Å². The number of hydrogen-bond donors (Lipinski definition) is 2. The molecular weight excluding hydrogens is 270 g/mol. The molecule has 1 heterocycles. The van der Waals surface area contributed by atoms with E-state index in [0.29, 0.717) is 18.0 Å². The Hall–Kier alpha value is -1.75. The molecule has 1 aromatic rings.